The van der Waals surface area contributed by atoms with E-state index in [9.17, 15) is 22.0 Å². The molecule has 84 valence electrons. The quantitative estimate of drug-likeness (QED) is 0.473. The van der Waals surface area contributed by atoms with Crippen molar-refractivity contribution in [3.63, 3.8) is 0 Å². The molecule has 0 radical (unpaired) electrons. The largest absolute Gasteiger partial charge is 0.380 e. The van der Waals surface area contributed by atoms with Gasteiger partial charge in [-0.2, -0.15) is 0 Å². The van der Waals surface area contributed by atoms with Crippen LogP contribution < -0.4 is 5.32 Å². The molecule has 0 bridgehead atoms. The van der Waals surface area contributed by atoms with E-state index in [0.717, 1.165) is 0 Å². The molecule has 1 aromatic rings. The van der Waals surface area contributed by atoms with Crippen LogP contribution in [0.2, 0.25) is 0 Å². The lowest BCUT2D eigenvalue weighted by Gasteiger charge is -2.09. The van der Waals surface area contributed by atoms with E-state index in [4.69, 9.17) is 0 Å². The predicted molar refractivity (Wildman–Crippen MR) is 45.0 cm³/mol. The van der Waals surface area contributed by atoms with E-state index < -0.39 is 34.8 Å². The standard InChI is InChI=1S/C9H8F5N/c1-2-3-15-9-7(13)5(11)4(10)6(12)8(9)14/h15H,2-3H2,1H3. The van der Waals surface area contributed by atoms with Crippen molar-refractivity contribution in [2.75, 3.05) is 11.9 Å². The molecular weight excluding hydrogens is 217 g/mol. The van der Waals surface area contributed by atoms with Gasteiger partial charge in [-0.05, 0) is 6.42 Å². The second-order valence-corrected chi connectivity index (χ2v) is 2.87. The molecule has 0 aliphatic rings. The number of hydrogen-bond donors (Lipinski definition) is 1. The molecule has 1 nitrogen and oxygen atoms in total. The van der Waals surface area contributed by atoms with Crippen LogP contribution in [0.15, 0.2) is 0 Å². The maximum atomic E-state index is 12.9. The topological polar surface area (TPSA) is 12.0 Å². The Bertz CT molecular complexity index is 348. The summed E-state index contributed by atoms with van der Waals surface area (Å²) in [6.45, 7) is 1.82. The van der Waals surface area contributed by atoms with E-state index in [1.54, 1.807) is 6.92 Å². The summed E-state index contributed by atoms with van der Waals surface area (Å²) in [5.41, 5.74) is -0.978. The van der Waals surface area contributed by atoms with Crippen molar-refractivity contribution in [2.24, 2.45) is 0 Å². The maximum Gasteiger partial charge on any atom is 0.200 e. The molecule has 0 amide bonds. The van der Waals surface area contributed by atoms with Crippen LogP contribution in [0, 0.1) is 29.1 Å². The van der Waals surface area contributed by atoms with E-state index in [2.05, 4.69) is 5.32 Å². The number of halogens is 5. The van der Waals surface area contributed by atoms with Gasteiger partial charge >= 0.3 is 0 Å². The normalized spacial score (nSPS) is 10.5. The van der Waals surface area contributed by atoms with Crippen molar-refractivity contribution < 1.29 is 22.0 Å². The summed E-state index contributed by atoms with van der Waals surface area (Å²) in [6, 6.07) is 0. The second-order valence-electron chi connectivity index (χ2n) is 2.87. The molecule has 1 aromatic carbocycles. The Balaban J connectivity index is 3.26. The number of hydrogen-bond acceptors (Lipinski definition) is 1. The molecule has 0 aromatic heterocycles. The Kier molecular flexibility index (Phi) is 3.49. The third kappa shape index (κ3) is 2.03. The molecule has 0 fully saturated rings. The first-order valence-electron chi connectivity index (χ1n) is 4.26. The maximum absolute atomic E-state index is 12.9. The van der Waals surface area contributed by atoms with Crippen molar-refractivity contribution in [3.05, 3.63) is 29.1 Å². The number of benzene rings is 1. The zero-order chi connectivity index (χ0) is 11.6. The van der Waals surface area contributed by atoms with Gasteiger partial charge in [0.25, 0.3) is 0 Å². The van der Waals surface area contributed by atoms with Gasteiger partial charge in [-0.3, -0.25) is 0 Å². The minimum absolute atomic E-state index is 0.123. The fourth-order valence-electron chi connectivity index (χ4n) is 1.01. The third-order valence-corrected chi connectivity index (χ3v) is 1.76. The molecule has 0 atom stereocenters. The first-order valence-corrected chi connectivity index (χ1v) is 4.26. The smallest absolute Gasteiger partial charge is 0.200 e. The summed E-state index contributed by atoms with van der Waals surface area (Å²) in [7, 11) is 0. The van der Waals surface area contributed by atoms with Crippen LogP contribution >= 0.6 is 0 Å². The third-order valence-electron chi connectivity index (χ3n) is 1.76. The number of anilines is 1. The molecule has 0 saturated heterocycles. The van der Waals surface area contributed by atoms with Crippen molar-refractivity contribution in [1.29, 1.82) is 0 Å². The number of nitrogens with one attached hydrogen (secondary N) is 1. The molecule has 6 heteroatoms. The zero-order valence-electron chi connectivity index (χ0n) is 7.80. The van der Waals surface area contributed by atoms with Gasteiger partial charge in [0.2, 0.25) is 5.82 Å². The van der Waals surface area contributed by atoms with E-state index in [1.807, 2.05) is 0 Å². The molecule has 15 heavy (non-hydrogen) atoms. The lowest BCUT2D eigenvalue weighted by Crippen LogP contribution is -2.10. The summed E-state index contributed by atoms with van der Waals surface area (Å²) < 4.78 is 63.7. The summed E-state index contributed by atoms with van der Waals surface area (Å²) in [6.07, 6.45) is 0.499. The lowest BCUT2D eigenvalue weighted by atomic mass is 10.2. The molecule has 0 unspecified atom stereocenters. The highest BCUT2D eigenvalue weighted by molar-refractivity contribution is 5.47. The van der Waals surface area contributed by atoms with Crippen LogP contribution in [-0.4, -0.2) is 6.54 Å². The van der Waals surface area contributed by atoms with Crippen LogP contribution in [0.4, 0.5) is 27.6 Å². The van der Waals surface area contributed by atoms with Crippen molar-refractivity contribution in [1.82, 2.24) is 0 Å². The Labute approximate surface area is 82.9 Å². The summed E-state index contributed by atoms with van der Waals surface area (Å²) in [5.74, 6) is -9.69. The summed E-state index contributed by atoms with van der Waals surface area (Å²) in [4.78, 5) is 0. The monoisotopic (exact) mass is 225 g/mol. The highest BCUT2D eigenvalue weighted by Gasteiger charge is 2.25. The predicted octanol–water partition coefficient (Wildman–Crippen LogP) is 3.20. The molecular formula is C9H8F5N. The van der Waals surface area contributed by atoms with Gasteiger partial charge in [0.1, 0.15) is 5.69 Å². The fraction of sp³-hybridized carbons (Fsp3) is 0.333. The van der Waals surface area contributed by atoms with Crippen molar-refractivity contribution >= 4 is 5.69 Å². The van der Waals surface area contributed by atoms with Crippen LogP contribution in [-0.2, 0) is 0 Å². The van der Waals surface area contributed by atoms with Gasteiger partial charge < -0.3 is 5.32 Å². The lowest BCUT2D eigenvalue weighted by molar-refractivity contribution is 0.381. The molecule has 0 spiro atoms. The Morgan fingerprint density at radius 3 is 1.60 bits per heavy atom. The molecule has 0 aliphatic carbocycles. The molecule has 1 rings (SSSR count). The first kappa shape index (κ1) is 11.7. The van der Waals surface area contributed by atoms with E-state index >= 15 is 0 Å². The Morgan fingerprint density at radius 2 is 1.20 bits per heavy atom. The van der Waals surface area contributed by atoms with Gasteiger partial charge in [-0.25, -0.2) is 22.0 Å². The van der Waals surface area contributed by atoms with Gasteiger partial charge in [-0.1, -0.05) is 6.92 Å². The van der Waals surface area contributed by atoms with Crippen LogP contribution in [0.5, 0.6) is 0 Å². The molecule has 1 N–H and O–H groups in total. The average Bonchev–Trinajstić information content (AvgIpc) is 2.24. The van der Waals surface area contributed by atoms with E-state index in [0.29, 0.717) is 6.42 Å². The highest BCUT2D eigenvalue weighted by Crippen LogP contribution is 2.26. The SMILES string of the molecule is CCCNc1c(F)c(F)c(F)c(F)c1F. The Morgan fingerprint density at radius 1 is 0.800 bits per heavy atom. The fourth-order valence-corrected chi connectivity index (χ4v) is 1.01. The second kappa shape index (κ2) is 4.46. The van der Waals surface area contributed by atoms with Crippen molar-refractivity contribution in [3.8, 4) is 0 Å². The molecule has 0 heterocycles. The molecule has 0 aliphatic heterocycles. The summed E-state index contributed by atoms with van der Waals surface area (Å²) >= 11 is 0. The average molecular weight is 225 g/mol. The van der Waals surface area contributed by atoms with Crippen LogP contribution in [0.25, 0.3) is 0 Å². The van der Waals surface area contributed by atoms with Gasteiger partial charge in [0.05, 0.1) is 0 Å². The van der Waals surface area contributed by atoms with Crippen molar-refractivity contribution in [2.45, 2.75) is 13.3 Å². The number of rotatable bonds is 3. The van der Waals surface area contributed by atoms with E-state index in [1.165, 1.54) is 0 Å². The first-order chi connectivity index (χ1) is 7.00. The molecule has 0 saturated carbocycles. The summed E-state index contributed by atoms with van der Waals surface area (Å²) in [5, 5.41) is 2.14. The Hall–Kier alpha value is -1.33. The minimum Gasteiger partial charge on any atom is -0.380 e. The van der Waals surface area contributed by atoms with E-state index in [-0.39, 0.29) is 6.54 Å². The van der Waals surface area contributed by atoms with Gasteiger partial charge in [0, 0.05) is 6.54 Å². The highest BCUT2D eigenvalue weighted by atomic mass is 19.2. The van der Waals surface area contributed by atoms with Crippen LogP contribution in [0.1, 0.15) is 13.3 Å². The zero-order valence-corrected chi connectivity index (χ0v) is 7.80. The minimum atomic E-state index is -2.15. The van der Waals surface area contributed by atoms with Gasteiger partial charge in [-0.15, -0.1) is 0 Å². The van der Waals surface area contributed by atoms with Crippen LogP contribution in [0.3, 0.4) is 0 Å². The van der Waals surface area contributed by atoms with Gasteiger partial charge in [0.15, 0.2) is 23.3 Å².